The van der Waals surface area contributed by atoms with Gasteiger partial charge in [0.15, 0.2) is 20.2 Å². The smallest absolute Gasteiger partial charge is 0.181 e. The van der Waals surface area contributed by atoms with Gasteiger partial charge in [0, 0.05) is 22.3 Å². The Morgan fingerprint density at radius 1 is 0.917 bits per heavy atom. The van der Waals surface area contributed by atoms with E-state index in [4.69, 9.17) is 4.42 Å². The van der Waals surface area contributed by atoms with E-state index in [0.29, 0.717) is 22.5 Å². The van der Waals surface area contributed by atoms with Gasteiger partial charge >= 0.3 is 0 Å². The normalized spacial score (nSPS) is 16.3. The molecule has 6 heteroatoms. The number of nitrogens with one attached hydrogen (secondary N) is 1. The van der Waals surface area contributed by atoms with E-state index < -0.39 is 8.24 Å². The fourth-order valence-corrected chi connectivity index (χ4v) is 13.9. The molecule has 1 aliphatic heterocycles. The molecule has 0 bridgehead atoms. The average Bonchev–Trinajstić information content (AvgIpc) is 3.44. The molecule has 0 saturated carbocycles. The van der Waals surface area contributed by atoms with Gasteiger partial charge in [-0.05, 0) is 97.6 Å². The zero-order valence-electron chi connectivity index (χ0n) is 23.0. The standard InChI is InChI=1S/C30H42N4OSi/c1-20(2)36(21(3)4,22(5)6)34-18-27(23-12-14-33(7)15-13-23)26-10-8-25(17-29(26)34)32-24-9-11-30-28(16-24)31-19-35-30/h8-11,16-23,32H,12-15H2,1-7H3. The first-order valence-corrected chi connectivity index (χ1v) is 15.8. The van der Waals surface area contributed by atoms with Crippen molar-refractivity contribution >= 4 is 41.6 Å². The molecule has 4 aromatic rings. The Morgan fingerprint density at radius 2 is 1.56 bits per heavy atom. The molecule has 192 valence electrons. The summed E-state index contributed by atoms with van der Waals surface area (Å²) in [6.07, 6.45) is 6.59. The fourth-order valence-electron chi connectivity index (χ4n) is 7.23. The summed E-state index contributed by atoms with van der Waals surface area (Å²) in [5, 5.41) is 5.10. The van der Waals surface area contributed by atoms with Crippen molar-refractivity contribution < 1.29 is 4.42 Å². The van der Waals surface area contributed by atoms with Crippen LogP contribution in [0.1, 0.15) is 65.9 Å². The number of piperidine rings is 1. The number of hydrogen-bond donors (Lipinski definition) is 1. The fraction of sp³-hybridized carbons (Fsp3) is 0.500. The van der Waals surface area contributed by atoms with Gasteiger partial charge in [-0.3, -0.25) is 0 Å². The van der Waals surface area contributed by atoms with E-state index in [1.807, 2.05) is 6.07 Å². The lowest BCUT2D eigenvalue weighted by Crippen LogP contribution is -2.51. The van der Waals surface area contributed by atoms with Gasteiger partial charge in [0.05, 0.1) is 0 Å². The first-order chi connectivity index (χ1) is 17.2. The molecule has 1 saturated heterocycles. The molecule has 0 amide bonds. The highest BCUT2D eigenvalue weighted by atomic mass is 28.3. The Morgan fingerprint density at radius 3 is 2.22 bits per heavy atom. The van der Waals surface area contributed by atoms with Crippen LogP contribution in [-0.4, -0.2) is 42.5 Å². The molecule has 0 aliphatic carbocycles. The Kier molecular flexibility index (Phi) is 6.77. The van der Waals surface area contributed by atoms with Crippen LogP contribution in [0.2, 0.25) is 16.6 Å². The predicted molar refractivity (Wildman–Crippen MR) is 155 cm³/mol. The molecule has 1 N–H and O–H groups in total. The molecule has 1 aliphatic rings. The number of benzene rings is 2. The average molecular weight is 503 g/mol. The number of fused-ring (bicyclic) bond motifs is 2. The van der Waals surface area contributed by atoms with Gasteiger partial charge in [-0.2, -0.15) is 0 Å². The Bertz CT molecular complexity index is 1320. The van der Waals surface area contributed by atoms with Crippen LogP contribution in [0.25, 0.3) is 22.0 Å². The second kappa shape index (κ2) is 9.71. The van der Waals surface area contributed by atoms with E-state index in [0.717, 1.165) is 22.5 Å². The summed E-state index contributed by atoms with van der Waals surface area (Å²) in [6.45, 7) is 17.1. The van der Waals surface area contributed by atoms with Crippen molar-refractivity contribution in [2.75, 3.05) is 25.5 Å². The van der Waals surface area contributed by atoms with Crippen LogP contribution in [0.3, 0.4) is 0 Å². The van der Waals surface area contributed by atoms with E-state index in [1.54, 1.807) is 5.56 Å². The minimum atomic E-state index is -1.91. The van der Waals surface area contributed by atoms with Crippen LogP contribution < -0.4 is 5.32 Å². The monoisotopic (exact) mass is 502 g/mol. The summed E-state index contributed by atoms with van der Waals surface area (Å²) in [5.41, 5.74) is 8.74. The van der Waals surface area contributed by atoms with Crippen LogP contribution in [0.5, 0.6) is 0 Å². The molecule has 5 rings (SSSR count). The van der Waals surface area contributed by atoms with Gasteiger partial charge in [0.2, 0.25) is 0 Å². The van der Waals surface area contributed by atoms with E-state index >= 15 is 0 Å². The number of likely N-dealkylation sites (tertiary alicyclic amines) is 1. The number of hydrogen-bond acceptors (Lipinski definition) is 4. The highest BCUT2D eigenvalue weighted by molar-refractivity contribution is 6.82. The predicted octanol–water partition coefficient (Wildman–Crippen LogP) is 8.36. The molecule has 5 nitrogen and oxygen atoms in total. The van der Waals surface area contributed by atoms with Gasteiger partial charge in [-0.15, -0.1) is 0 Å². The number of oxazole rings is 1. The van der Waals surface area contributed by atoms with Crippen molar-refractivity contribution in [2.24, 2.45) is 0 Å². The van der Waals surface area contributed by atoms with E-state index in [2.05, 4.69) is 105 Å². The molecule has 0 atom stereocenters. The topological polar surface area (TPSA) is 46.2 Å². The van der Waals surface area contributed by atoms with Crippen molar-refractivity contribution in [1.82, 2.24) is 14.1 Å². The lowest BCUT2D eigenvalue weighted by molar-refractivity contribution is 0.256. The lowest BCUT2D eigenvalue weighted by Gasteiger charge is -2.44. The first kappa shape index (κ1) is 25.1. The minimum Gasteiger partial charge on any atom is -0.443 e. The maximum absolute atomic E-state index is 5.43. The highest BCUT2D eigenvalue weighted by Gasteiger charge is 2.46. The van der Waals surface area contributed by atoms with Crippen LogP contribution in [0, 0.1) is 0 Å². The van der Waals surface area contributed by atoms with Crippen molar-refractivity contribution in [3.05, 3.63) is 54.6 Å². The third-order valence-corrected chi connectivity index (χ3v) is 15.6. The maximum Gasteiger partial charge on any atom is 0.181 e. The zero-order chi connectivity index (χ0) is 25.6. The van der Waals surface area contributed by atoms with Crippen molar-refractivity contribution in [3.63, 3.8) is 0 Å². The summed E-state index contributed by atoms with van der Waals surface area (Å²) in [6, 6.07) is 13.1. The molecule has 2 aromatic carbocycles. The van der Waals surface area contributed by atoms with Crippen LogP contribution in [0.4, 0.5) is 11.4 Å². The van der Waals surface area contributed by atoms with Gasteiger partial charge < -0.3 is 18.9 Å². The number of anilines is 2. The zero-order valence-corrected chi connectivity index (χ0v) is 24.0. The third-order valence-electron chi connectivity index (χ3n) is 8.81. The number of aromatic nitrogens is 2. The number of rotatable bonds is 7. The van der Waals surface area contributed by atoms with Crippen molar-refractivity contribution in [1.29, 1.82) is 0 Å². The van der Waals surface area contributed by atoms with Gasteiger partial charge in [-0.1, -0.05) is 47.6 Å². The molecule has 0 radical (unpaired) electrons. The summed E-state index contributed by atoms with van der Waals surface area (Å²) in [4.78, 5) is 6.80. The van der Waals surface area contributed by atoms with Crippen LogP contribution in [0.15, 0.2) is 53.4 Å². The molecule has 3 heterocycles. The quantitative estimate of drug-likeness (QED) is 0.258. The maximum atomic E-state index is 5.43. The second-order valence-corrected chi connectivity index (χ2v) is 17.5. The molecular weight excluding hydrogens is 460 g/mol. The van der Waals surface area contributed by atoms with Crippen molar-refractivity contribution in [3.8, 4) is 0 Å². The van der Waals surface area contributed by atoms with Gasteiger partial charge in [0.1, 0.15) is 5.52 Å². The van der Waals surface area contributed by atoms with Gasteiger partial charge in [0.25, 0.3) is 0 Å². The Labute approximate surface area is 217 Å². The molecule has 1 fully saturated rings. The van der Waals surface area contributed by atoms with Crippen LogP contribution in [-0.2, 0) is 0 Å². The summed E-state index contributed by atoms with van der Waals surface area (Å²) in [5.74, 6) is 0.636. The van der Waals surface area contributed by atoms with Crippen LogP contribution >= 0.6 is 0 Å². The minimum absolute atomic E-state index is 0.636. The first-order valence-electron chi connectivity index (χ1n) is 13.7. The van der Waals surface area contributed by atoms with E-state index in [9.17, 15) is 0 Å². The Hall–Kier alpha value is -2.57. The third kappa shape index (κ3) is 4.18. The molecule has 0 spiro atoms. The van der Waals surface area contributed by atoms with Gasteiger partial charge in [-0.25, -0.2) is 4.98 Å². The summed E-state index contributed by atoms with van der Waals surface area (Å²) in [7, 11) is 0.342. The van der Waals surface area contributed by atoms with E-state index in [1.165, 1.54) is 43.2 Å². The number of nitrogens with zero attached hydrogens (tertiary/aromatic N) is 3. The molecule has 0 unspecified atom stereocenters. The second-order valence-electron chi connectivity index (χ2n) is 11.8. The summed E-state index contributed by atoms with van der Waals surface area (Å²) >= 11 is 0. The SMILES string of the molecule is CC(C)[Si](C(C)C)(C(C)C)n1cc(C2CCN(C)CC2)c2ccc(Nc3ccc4ocnc4c3)cc21. The lowest BCUT2D eigenvalue weighted by atomic mass is 9.89. The summed E-state index contributed by atoms with van der Waals surface area (Å²) < 4.78 is 8.23. The van der Waals surface area contributed by atoms with Crippen molar-refractivity contribution in [2.45, 2.75) is 76.9 Å². The largest absolute Gasteiger partial charge is 0.443 e. The molecule has 36 heavy (non-hydrogen) atoms. The highest BCUT2D eigenvalue weighted by Crippen LogP contribution is 2.46. The Balaban J connectivity index is 1.65. The molecule has 2 aromatic heterocycles. The molecular formula is C30H42N4OSi. The van der Waals surface area contributed by atoms with E-state index in [-0.39, 0.29) is 0 Å².